The summed E-state index contributed by atoms with van der Waals surface area (Å²) < 4.78 is 5.18. The van der Waals surface area contributed by atoms with Crippen LogP contribution in [0.25, 0.3) is 0 Å². The fourth-order valence-electron chi connectivity index (χ4n) is 1.13. The molecular weight excluding hydrogens is 166 g/mol. The molecule has 4 nitrogen and oxygen atoms in total. The first-order valence-corrected chi connectivity index (χ1v) is 4.62. The third kappa shape index (κ3) is 3.94. The van der Waals surface area contributed by atoms with E-state index in [4.69, 9.17) is 10.5 Å². The van der Waals surface area contributed by atoms with Crippen molar-refractivity contribution < 1.29 is 4.74 Å². The van der Waals surface area contributed by atoms with Crippen LogP contribution in [0.3, 0.4) is 0 Å². The van der Waals surface area contributed by atoms with Crippen molar-refractivity contribution in [3.8, 4) is 0 Å². The van der Waals surface area contributed by atoms with Crippen LogP contribution in [-0.4, -0.2) is 32.3 Å². The average Bonchev–Trinajstić information content (AvgIpc) is 2.17. The molecule has 0 atom stereocenters. The molecule has 0 fully saturated rings. The summed E-state index contributed by atoms with van der Waals surface area (Å²) in [5, 5.41) is 2.95. The number of rotatable bonds is 3. The van der Waals surface area contributed by atoms with Crippen molar-refractivity contribution in [3.05, 3.63) is 11.6 Å². The molecule has 0 bridgehead atoms. The summed E-state index contributed by atoms with van der Waals surface area (Å²) in [7, 11) is 0. The minimum absolute atomic E-state index is 0.523. The van der Waals surface area contributed by atoms with Gasteiger partial charge in [0.15, 0.2) is 5.96 Å². The molecule has 3 N–H and O–H groups in total. The van der Waals surface area contributed by atoms with Gasteiger partial charge in [-0.25, -0.2) is 4.99 Å². The first kappa shape index (κ1) is 10.1. The zero-order chi connectivity index (χ0) is 9.52. The highest BCUT2D eigenvalue weighted by molar-refractivity contribution is 5.77. The highest BCUT2D eigenvalue weighted by Gasteiger charge is 2.02. The summed E-state index contributed by atoms with van der Waals surface area (Å²) in [4.78, 5) is 4.20. The second-order valence-electron chi connectivity index (χ2n) is 2.92. The number of nitrogens with two attached hydrogens (primary N) is 1. The second kappa shape index (κ2) is 5.59. The fourth-order valence-corrected chi connectivity index (χ4v) is 1.13. The number of nitrogens with zero attached hydrogens (tertiary/aromatic N) is 1. The normalized spacial score (nSPS) is 18.2. The Balaban J connectivity index is 2.31. The smallest absolute Gasteiger partial charge is 0.188 e. The molecule has 0 saturated heterocycles. The summed E-state index contributed by atoms with van der Waals surface area (Å²) in [6.07, 6.45) is 3.05. The topological polar surface area (TPSA) is 59.6 Å². The Morgan fingerprint density at radius 3 is 3.23 bits per heavy atom. The summed E-state index contributed by atoms with van der Waals surface area (Å²) >= 11 is 0. The van der Waals surface area contributed by atoms with Gasteiger partial charge in [-0.2, -0.15) is 0 Å². The lowest BCUT2D eigenvalue weighted by molar-refractivity contribution is 0.154. The third-order valence-electron chi connectivity index (χ3n) is 1.87. The van der Waals surface area contributed by atoms with Crippen LogP contribution in [0.5, 0.6) is 0 Å². The van der Waals surface area contributed by atoms with Gasteiger partial charge in [-0.05, 0) is 18.9 Å². The van der Waals surface area contributed by atoms with Crippen molar-refractivity contribution in [3.63, 3.8) is 0 Å². The van der Waals surface area contributed by atoms with Gasteiger partial charge in [-0.15, -0.1) is 0 Å². The molecule has 1 aliphatic rings. The van der Waals surface area contributed by atoms with E-state index in [1.165, 1.54) is 5.57 Å². The van der Waals surface area contributed by atoms with Crippen molar-refractivity contribution >= 4 is 5.96 Å². The number of hydrogen-bond acceptors (Lipinski definition) is 2. The molecule has 1 aliphatic heterocycles. The van der Waals surface area contributed by atoms with Crippen LogP contribution < -0.4 is 11.1 Å². The van der Waals surface area contributed by atoms with Crippen LogP contribution in [0.15, 0.2) is 16.6 Å². The SMILES string of the molecule is CCNC(N)=NCC1=CCOCC1. The van der Waals surface area contributed by atoms with Crippen LogP contribution in [0.4, 0.5) is 0 Å². The maximum atomic E-state index is 5.58. The summed E-state index contributed by atoms with van der Waals surface area (Å²) in [6, 6.07) is 0. The Morgan fingerprint density at radius 1 is 1.77 bits per heavy atom. The standard InChI is InChI=1S/C9H17N3O/c1-2-11-9(10)12-7-8-3-5-13-6-4-8/h3H,2,4-7H2,1H3,(H3,10,11,12). The van der Waals surface area contributed by atoms with Crippen molar-refractivity contribution in [2.45, 2.75) is 13.3 Å². The maximum Gasteiger partial charge on any atom is 0.188 e. The molecule has 0 saturated carbocycles. The van der Waals surface area contributed by atoms with Crippen molar-refractivity contribution in [1.82, 2.24) is 5.32 Å². The Kier molecular flexibility index (Phi) is 4.32. The van der Waals surface area contributed by atoms with E-state index < -0.39 is 0 Å². The molecule has 0 unspecified atom stereocenters. The Hall–Kier alpha value is -1.03. The first-order chi connectivity index (χ1) is 6.33. The molecular formula is C9H17N3O. The fraction of sp³-hybridized carbons (Fsp3) is 0.667. The van der Waals surface area contributed by atoms with E-state index in [1.54, 1.807) is 0 Å². The molecule has 0 aromatic rings. The number of ether oxygens (including phenoxy) is 1. The minimum Gasteiger partial charge on any atom is -0.377 e. The van der Waals surface area contributed by atoms with Crippen LogP contribution in [0.2, 0.25) is 0 Å². The molecule has 1 heterocycles. The average molecular weight is 183 g/mol. The van der Waals surface area contributed by atoms with E-state index >= 15 is 0 Å². The second-order valence-corrected chi connectivity index (χ2v) is 2.92. The minimum atomic E-state index is 0.523. The molecule has 1 rings (SSSR count). The number of aliphatic imine (C=N–C) groups is 1. The predicted molar refractivity (Wildman–Crippen MR) is 53.7 cm³/mol. The number of hydrogen-bond donors (Lipinski definition) is 2. The van der Waals surface area contributed by atoms with E-state index in [0.29, 0.717) is 19.1 Å². The molecule has 0 aromatic heterocycles. The van der Waals surface area contributed by atoms with E-state index in [0.717, 1.165) is 19.6 Å². The Labute approximate surface area is 78.9 Å². The molecule has 0 aliphatic carbocycles. The number of nitrogens with one attached hydrogen (secondary N) is 1. The zero-order valence-electron chi connectivity index (χ0n) is 8.05. The molecule has 0 radical (unpaired) electrons. The number of guanidine groups is 1. The van der Waals surface area contributed by atoms with Gasteiger partial charge < -0.3 is 15.8 Å². The summed E-state index contributed by atoms with van der Waals surface area (Å²) in [5.74, 6) is 0.523. The Morgan fingerprint density at radius 2 is 2.62 bits per heavy atom. The highest BCUT2D eigenvalue weighted by Crippen LogP contribution is 2.07. The summed E-state index contributed by atoms with van der Waals surface area (Å²) in [6.45, 7) is 5.03. The van der Waals surface area contributed by atoms with E-state index in [2.05, 4.69) is 16.4 Å². The molecule has 0 aromatic carbocycles. The van der Waals surface area contributed by atoms with Gasteiger partial charge in [-0.3, -0.25) is 0 Å². The van der Waals surface area contributed by atoms with E-state index in [9.17, 15) is 0 Å². The molecule has 13 heavy (non-hydrogen) atoms. The lowest BCUT2D eigenvalue weighted by atomic mass is 10.1. The van der Waals surface area contributed by atoms with Crippen molar-refractivity contribution in [2.24, 2.45) is 10.7 Å². The maximum absolute atomic E-state index is 5.58. The van der Waals surface area contributed by atoms with Gasteiger partial charge in [0.1, 0.15) is 0 Å². The largest absolute Gasteiger partial charge is 0.377 e. The van der Waals surface area contributed by atoms with Gasteiger partial charge in [0, 0.05) is 6.54 Å². The quantitative estimate of drug-likeness (QED) is 0.375. The Bertz CT molecular complexity index is 211. The first-order valence-electron chi connectivity index (χ1n) is 4.62. The van der Waals surface area contributed by atoms with Gasteiger partial charge in [0.25, 0.3) is 0 Å². The van der Waals surface area contributed by atoms with Crippen LogP contribution in [0, 0.1) is 0 Å². The van der Waals surface area contributed by atoms with Crippen LogP contribution >= 0.6 is 0 Å². The zero-order valence-corrected chi connectivity index (χ0v) is 8.05. The third-order valence-corrected chi connectivity index (χ3v) is 1.87. The van der Waals surface area contributed by atoms with Gasteiger partial charge >= 0.3 is 0 Å². The van der Waals surface area contributed by atoms with E-state index in [-0.39, 0.29) is 0 Å². The van der Waals surface area contributed by atoms with Crippen LogP contribution in [0.1, 0.15) is 13.3 Å². The van der Waals surface area contributed by atoms with Crippen molar-refractivity contribution in [1.29, 1.82) is 0 Å². The van der Waals surface area contributed by atoms with E-state index in [1.807, 2.05) is 6.92 Å². The molecule has 0 spiro atoms. The molecule has 74 valence electrons. The van der Waals surface area contributed by atoms with Gasteiger partial charge in [0.2, 0.25) is 0 Å². The monoisotopic (exact) mass is 183 g/mol. The molecule has 0 amide bonds. The summed E-state index contributed by atoms with van der Waals surface area (Å²) in [5.41, 5.74) is 6.89. The predicted octanol–water partition coefficient (Wildman–Crippen LogP) is 0.257. The van der Waals surface area contributed by atoms with Gasteiger partial charge in [-0.1, -0.05) is 6.08 Å². The molecule has 4 heteroatoms. The highest BCUT2D eigenvalue weighted by atomic mass is 16.5. The lowest BCUT2D eigenvalue weighted by Gasteiger charge is -2.11. The van der Waals surface area contributed by atoms with Crippen molar-refractivity contribution in [2.75, 3.05) is 26.3 Å². The van der Waals surface area contributed by atoms with Gasteiger partial charge in [0.05, 0.1) is 19.8 Å². The lowest BCUT2D eigenvalue weighted by Crippen LogP contribution is -2.31. The van der Waals surface area contributed by atoms with Crippen LogP contribution in [-0.2, 0) is 4.74 Å².